The first kappa shape index (κ1) is 27.6. The Balaban J connectivity index is 1.42. The molecule has 0 atom stereocenters. The monoisotopic (exact) mass is 600 g/mol. The Labute approximate surface area is 271 Å². The van der Waals surface area contributed by atoms with Gasteiger partial charge in [0.2, 0.25) is 0 Å². The molecule has 2 aromatic heterocycles. The highest BCUT2D eigenvalue weighted by Crippen LogP contribution is 2.38. The molecule has 6 heteroatoms. The summed E-state index contributed by atoms with van der Waals surface area (Å²) in [7, 11) is 0. The maximum atomic E-state index is 10.0. The summed E-state index contributed by atoms with van der Waals surface area (Å²) < 4.78 is 2.20. The van der Waals surface area contributed by atoms with Gasteiger partial charge in [-0.05, 0) is 53.6 Å². The number of aromatic nitrogens is 4. The van der Waals surface area contributed by atoms with Gasteiger partial charge >= 0.3 is 0 Å². The molecule has 2 heterocycles. The lowest BCUT2D eigenvalue weighted by molar-refractivity contribution is 1.06. The molecule has 8 aromatic rings. The van der Waals surface area contributed by atoms with Gasteiger partial charge in [0.05, 0.1) is 40.0 Å². The first-order chi connectivity index (χ1) is 23.2. The third-order valence-electron chi connectivity index (χ3n) is 8.33. The highest BCUT2D eigenvalue weighted by Gasteiger charge is 2.20. The van der Waals surface area contributed by atoms with Gasteiger partial charge in [0.15, 0.2) is 17.5 Å². The average Bonchev–Trinajstić information content (AvgIpc) is 3.48. The van der Waals surface area contributed by atoms with Crippen LogP contribution in [-0.2, 0) is 0 Å². The van der Waals surface area contributed by atoms with Crippen LogP contribution in [0.3, 0.4) is 0 Å². The lowest BCUT2D eigenvalue weighted by atomic mass is 10.0. The van der Waals surface area contributed by atoms with Crippen molar-refractivity contribution in [2.24, 2.45) is 0 Å². The summed E-state index contributed by atoms with van der Waals surface area (Å²) in [6.07, 6.45) is 0. The molecule has 0 aliphatic carbocycles. The second-order valence-electron chi connectivity index (χ2n) is 11.2. The minimum atomic E-state index is 0.506. The van der Waals surface area contributed by atoms with Gasteiger partial charge in [-0.2, -0.15) is 10.5 Å². The molecule has 0 amide bonds. The van der Waals surface area contributed by atoms with Crippen molar-refractivity contribution in [3.05, 3.63) is 157 Å². The molecular weight excluding hydrogens is 576 g/mol. The zero-order chi connectivity index (χ0) is 31.7. The molecule has 6 nitrogen and oxygen atoms in total. The average molecular weight is 601 g/mol. The predicted molar refractivity (Wildman–Crippen MR) is 185 cm³/mol. The molecule has 0 saturated heterocycles. The van der Waals surface area contributed by atoms with E-state index in [-0.39, 0.29) is 0 Å². The molecule has 218 valence electrons. The fourth-order valence-electron chi connectivity index (χ4n) is 6.05. The highest BCUT2D eigenvalue weighted by atomic mass is 15.1. The van der Waals surface area contributed by atoms with Crippen LogP contribution in [0.1, 0.15) is 11.1 Å². The largest absolute Gasteiger partial charge is 0.308 e. The smallest absolute Gasteiger partial charge is 0.166 e. The Bertz CT molecular complexity index is 2460. The maximum absolute atomic E-state index is 10.0. The van der Waals surface area contributed by atoms with E-state index in [4.69, 9.17) is 15.0 Å². The number of rotatable bonds is 5. The van der Waals surface area contributed by atoms with Gasteiger partial charge in [-0.15, -0.1) is 0 Å². The number of nitrogens with zero attached hydrogens (tertiary/aromatic N) is 6. The van der Waals surface area contributed by atoms with Gasteiger partial charge in [-0.3, -0.25) is 0 Å². The summed E-state index contributed by atoms with van der Waals surface area (Å²) >= 11 is 0. The first-order valence-electron chi connectivity index (χ1n) is 15.2. The van der Waals surface area contributed by atoms with E-state index in [9.17, 15) is 10.5 Å². The number of hydrogen-bond donors (Lipinski definition) is 0. The third-order valence-corrected chi connectivity index (χ3v) is 8.33. The van der Waals surface area contributed by atoms with Gasteiger partial charge in [0.25, 0.3) is 0 Å². The Morgan fingerprint density at radius 2 is 0.979 bits per heavy atom. The van der Waals surface area contributed by atoms with Crippen molar-refractivity contribution in [2.75, 3.05) is 0 Å². The molecule has 0 fully saturated rings. The molecule has 0 aliphatic heterocycles. The Hall–Kier alpha value is -6.89. The molecule has 0 bridgehead atoms. The van der Waals surface area contributed by atoms with E-state index in [1.807, 2.05) is 115 Å². The highest BCUT2D eigenvalue weighted by molar-refractivity contribution is 6.10. The van der Waals surface area contributed by atoms with Gasteiger partial charge < -0.3 is 4.57 Å². The number of benzene rings is 6. The van der Waals surface area contributed by atoms with E-state index in [2.05, 4.69) is 47.0 Å². The van der Waals surface area contributed by atoms with Crippen LogP contribution >= 0.6 is 0 Å². The van der Waals surface area contributed by atoms with E-state index in [1.165, 1.54) is 0 Å². The summed E-state index contributed by atoms with van der Waals surface area (Å²) in [5.74, 6) is 1.64. The van der Waals surface area contributed by atoms with E-state index in [0.717, 1.165) is 55.3 Å². The predicted octanol–water partition coefficient (Wildman–Crippen LogP) is 9.38. The van der Waals surface area contributed by atoms with Crippen molar-refractivity contribution >= 4 is 21.8 Å². The molecular formula is C41H24N6. The van der Waals surface area contributed by atoms with Crippen LogP contribution in [-0.4, -0.2) is 19.5 Å². The van der Waals surface area contributed by atoms with Gasteiger partial charge in [-0.1, -0.05) is 103 Å². The molecule has 47 heavy (non-hydrogen) atoms. The van der Waals surface area contributed by atoms with Crippen molar-refractivity contribution in [2.45, 2.75) is 0 Å². The van der Waals surface area contributed by atoms with E-state index in [1.54, 1.807) is 0 Å². The molecule has 0 N–H and O–H groups in total. The maximum Gasteiger partial charge on any atom is 0.166 e. The van der Waals surface area contributed by atoms with Crippen molar-refractivity contribution in [3.63, 3.8) is 0 Å². The Morgan fingerprint density at radius 3 is 1.64 bits per heavy atom. The van der Waals surface area contributed by atoms with Gasteiger partial charge in [0.1, 0.15) is 0 Å². The van der Waals surface area contributed by atoms with Crippen molar-refractivity contribution in [3.8, 4) is 63.1 Å². The lowest BCUT2D eigenvalue weighted by Gasteiger charge is -2.15. The fourth-order valence-corrected chi connectivity index (χ4v) is 6.05. The van der Waals surface area contributed by atoms with Crippen molar-refractivity contribution in [1.82, 2.24) is 19.5 Å². The standard InChI is InChI=1S/C41H24N6/c42-25-27-15-18-29(19-16-27)32-20-22-34-33-13-7-8-14-36(33)47(38(34)24-32)37-23-28(26-43)17-21-35(37)41-45-39(30-9-3-1-4-10-30)44-40(46-41)31-11-5-2-6-12-31/h1-24H. The van der Waals surface area contributed by atoms with E-state index >= 15 is 0 Å². The zero-order valence-electron chi connectivity index (χ0n) is 25.0. The van der Waals surface area contributed by atoms with Crippen LogP contribution in [0.25, 0.3) is 72.8 Å². The van der Waals surface area contributed by atoms with Crippen LogP contribution < -0.4 is 0 Å². The Morgan fingerprint density at radius 1 is 0.426 bits per heavy atom. The SMILES string of the molecule is N#Cc1ccc(-c2ccc3c4ccccc4n(-c4cc(C#N)ccc4-c4nc(-c5ccccc5)nc(-c5ccccc5)n4)c3c2)cc1. The summed E-state index contributed by atoms with van der Waals surface area (Å²) in [4.78, 5) is 14.9. The normalized spacial score (nSPS) is 10.9. The van der Waals surface area contributed by atoms with Crippen LogP contribution in [0, 0.1) is 22.7 Å². The minimum Gasteiger partial charge on any atom is -0.308 e. The van der Waals surface area contributed by atoms with Gasteiger partial charge in [-0.25, -0.2) is 15.0 Å². The summed E-state index contributed by atoms with van der Waals surface area (Å²) in [6, 6.07) is 52.2. The van der Waals surface area contributed by atoms with Gasteiger partial charge in [0, 0.05) is 27.5 Å². The fraction of sp³-hybridized carbons (Fsp3) is 0. The van der Waals surface area contributed by atoms with Crippen molar-refractivity contribution in [1.29, 1.82) is 10.5 Å². The molecule has 0 spiro atoms. The second-order valence-corrected chi connectivity index (χ2v) is 11.2. The second kappa shape index (κ2) is 11.6. The summed E-state index contributed by atoms with van der Waals surface area (Å²) in [5, 5.41) is 21.5. The quantitative estimate of drug-likeness (QED) is 0.196. The summed E-state index contributed by atoms with van der Waals surface area (Å²) in [6.45, 7) is 0. The van der Waals surface area contributed by atoms with E-state index in [0.29, 0.717) is 28.6 Å². The van der Waals surface area contributed by atoms with Crippen LogP contribution in [0.2, 0.25) is 0 Å². The summed E-state index contributed by atoms with van der Waals surface area (Å²) in [5.41, 5.74) is 8.46. The van der Waals surface area contributed by atoms with Crippen LogP contribution in [0.15, 0.2) is 146 Å². The number of hydrogen-bond acceptors (Lipinski definition) is 5. The number of nitriles is 2. The topological polar surface area (TPSA) is 91.2 Å². The minimum absolute atomic E-state index is 0.506. The number of fused-ring (bicyclic) bond motifs is 3. The molecule has 8 rings (SSSR count). The lowest BCUT2D eigenvalue weighted by Crippen LogP contribution is -2.04. The molecule has 0 saturated carbocycles. The molecule has 0 unspecified atom stereocenters. The van der Waals surface area contributed by atoms with Crippen LogP contribution in [0.5, 0.6) is 0 Å². The van der Waals surface area contributed by atoms with E-state index < -0.39 is 0 Å². The third kappa shape index (κ3) is 4.97. The first-order valence-corrected chi connectivity index (χ1v) is 15.2. The van der Waals surface area contributed by atoms with Crippen LogP contribution in [0.4, 0.5) is 0 Å². The Kier molecular flexibility index (Phi) is 6.80. The number of para-hydroxylation sites is 1. The zero-order valence-corrected chi connectivity index (χ0v) is 25.0. The van der Waals surface area contributed by atoms with Crippen molar-refractivity contribution < 1.29 is 0 Å². The molecule has 6 aromatic carbocycles. The molecule has 0 radical (unpaired) electrons. The molecule has 0 aliphatic rings.